The molecule has 0 bridgehead atoms. The fourth-order valence-corrected chi connectivity index (χ4v) is 2.22. The molecule has 0 aliphatic heterocycles. The van der Waals surface area contributed by atoms with Gasteiger partial charge >= 0.3 is 5.97 Å². The number of fused-ring (bicyclic) bond motifs is 1. The average molecular weight is 315 g/mol. The van der Waals surface area contributed by atoms with Gasteiger partial charge in [-0.1, -0.05) is 23.7 Å². The van der Waals surface area contributed by atoms with E-state index in [0.29, 0.717) is 5.65 Å². The number of aromatic nitrogens is 2. The van der Waals surface area contributed by atoms with Crippen LogP contribution in [0.3, 0.4) is 0 Å². The maximum atomic E-state index is 12.1. The van der Waals surface area contributed by atoms with Crippen LogP contribution in [0.5, 0.6) is 5.88 Å². The van der Waals surface area contributed by atoms with Gasteiger partial charge in [-0.3, -0.25) is 9.20 Å². The smallest absolute Gasteiger partial charge is 0.346 e. The van der Waals surface area contributed by atoms with Crippen LogP contribution in [0.2, 0.25) is 5.02 Å². The number of carbonyl (C=O) groups is 1. The summed E-state index contributed by atoms with van der Waals surface area (Å²) in [6, 6.07) is 11.2. The zero-order chi connectivity index (χ0) is 15.7. The highest BCUT2D eigenvalue weighted by Crippen LogP contribution is 2.17. The van der Waals surface area contributed by atoms with E-state index in [-0.39, 0.29) is 22.0 Å². The van der Waals surface area contributed by atoms with E-state index in [0.717, 1.165) is 11.6 Å². The summed E-state index contributed by atoms with van der Waals surface area (Å²) in [7, 11) is 0. The van der Waals surface area contributed by atoms with Gasteiger partial charge in [-0.2, -0.15) is 4.98 Å². The van der Waals surface area contributed by atoms with Crippen molar-refractivity contribution in [1.82, 2.24) is 9.38 Å². The predicted octanol–water partition coefficient (Wildman–Crippen LogP) is 2.88. The maximum absolute atomic E-state index is 12.1. The van der Waals surface area contributed by atoms with Gasteiger partial charge in [-0.25, -0.2) is 4.79 Å². The molecule has 2 heterocycles. The Morgan fingerprint density at radius 1 is 1.23 bits per heavy atom. The third kappa shape index (κ3) is 2.71. The van der Waals surface area contributed by atoms with Crippen molar-refractivity contribution in [3.63, 3.8) is 0 Å². The third-order valence-electron chi connectivity index (χ3n) is 3.09. The van der Waals surface area contributed by atoms with Crippen molar-refractivity contribution in [2.75, 3.05) is 0 Å². The van der Waals surface area contributed by atoms with Crippen molar-refractivity contribution in [3.05, 3.63) is 75.2 Å². The van der Waals surface area contributed by atoms with Crippen molar-refractivity contribution in [2.24, 2.45) is 0 Å². The Morgan fingerprint density at radius 2 is 2.00 bits per heavy atom. The van der Waals surface area contributed by atoms with Crippen LogP contribution in [-0.4, -0.2) is 15.4 Å². The molecule has 3 aromatic rings. The molecule has 1 aromatic carbocycles. The molecule has 0 aliphatic rings. The molecule has 110 valence electrons. The molecule has 0 unspecified atom stereocenters. The van der Waals surface area contributed by atoms with E-state index in [1.807, 2.05) is 6.92 Å². The number of rotatable bonds is 2. The summed E-state index contributed by atoms with van der Waals surface area (Å²) in [5.74, 6) is -0.713. The molecule has 0 N–H and O–H groups in total. The number of esters is 1. The van der Waals surface area contributed by atoms with Crippen LogP contribution in [0.1, 0.15) is 15.9 Å². The highest BCUT2D eigenvalue weighted by molar-refractivity contribution is 6.33. The summed E-state index contributed by atoms with van der Waals surface area (Å²) in [6.07, 6.45) is 1.62. The Hall–Kier alpha value is -2.66. The number of hydrogen-bond donors (Lipinski definition) is 0. The molecule has 0 atom stereocenters. The highest BCUT2D eigenvalue weighted by Gasteiger charge is 2.14. The van der Waals surface area contributed by atoms with Crippen LogP contribution < -0.4 is 10.3 Å². The molecule has 3 rings (SSSR count). The van der Waals surface area contributed by atoms with E-state index in [2.05, 4.69) is 4.98 Å². The van der Waals surface area contributed by atoms with E-state index >= 15 is 0 Å². The van der Waals surface area contributed by atoms with E-state index in [4.69, 9.17) is 16.3 Å². The molecular weight excluding hydrogens is 304 g/mol. The van der Waals surface area contributed by atoms with Gasteiger partial charge in [0.2, 0.25) is 5.88 Å². The van der Waals surface area contributed by atoms with Crippen LogP contribution in [0.25, 0.3) is 5.65 Å². The predicted molar refractivity (Wildman–Crippen MR) is 82.6 cm³/mol. The van der Waals surface area contributed by atoms with Crippen LogP contribution in [0.15, 0.2) is 53.5 Å². The summed E-state index contributed by atoms with van der Waals surface area (Å²) in [6.45, 7) is 1.88. The van der Waals surface area contributed by atoms with Gasteiger partial charge < -0.3 is 4.74 Å². The Bertz CT molecular complexity index is 934. The van der Waals surface area contributed by atoms with Crippen LogP contribution >= 0.6 is 11.6 Å². The fraction of sp³-hybridized carbons (Fsp3) is 0.0625. The summed E-state index contributed by atoms with van der Waals surface area (Å²) in [5, 5.41) is 0.279. The zero-order valence-electron chi connectivity index (χ0n) is 11.6. The molecular formula is C16H11ClN2O3. The number of halogens is 1. The lowest BCUT2D eigenvalue weighted by Crippen LogP contribution is -2.17. The third-order valence-corrected chi connectivity index (χ3v) is 3.42. The van der Waals surface area contributed by atoms with Gasteiger partial charge in [-0.05, 0) is 36.8 Å². The Kier molecular flexibility index (Phi) is 3.65. The second kappa shape index (κ2) is 5.61. The second-order valence-electron chi connectivity index (χ2n) is 4.73. The van der Waals surface area contributed by atoms with Gasteiger partial charge in [0.25, 0.3) is 5.56 Å². The first-order valence-electron chi connectivity index (χ1n) is 6.51. The minimum atomic E-state index is -0.658. The number of aryl methyl sites for hydroxylation is 1. The Labute approximate surface area is 130 Å². The lowest BCUT2D eigenvalue weighted by atomic mass is 10.2. The molecule has 6 heteroatoms. The molecule has 22 heavy (non-hydrogen) atoms. The topological polar surface area (TPSA) is 60.7 Å². The van der Waals surface area contributed by atoms with Crippen molar-refractivity contribution in [2.45, 2.75) is 6.92 Å². The lowest BCUT2D eigenvalue weighted by Gasteiger charge is -2.06. The molecule has 5 nitrogen and oxygen atoms in total. The van der Waals surface area contributed by atoms with Gasteiger partial charge in [0.1, 0.15) is 5.65 Å². The van der Waals surface area contributed by atoms with E-state index < -0.39 is 5.97 Å². The summed E-state index contributed by atoms with van der Waals surface area (Å²) in [4.78, 5) is 28.3. The van der Waals surface area contributed by atoms with Gasteiger partial charge in [-0.15, -0.1) is 0 Å². The van der Waals surface area contributed by atoms with Gasteiger partial charge in [0, 0.05) is 6.20 Å². The van der Waals surface area contributed by atoms with E-state index in [1.165, 1.54) is 4.40 Å². The molecule has 2 aromatic heterocycles. The molecule has 0 saturated carbocycles. The molecule has 0 spiro atoms. The first-order chi connectivity index (χ1) is 10.5. The fourth-order valence-electron chi connectivity index (χ4n) is 2.01. The van der Waals surface area contributed by atoms with Crippen molar-refractivity contribution in [3.8, 4) is 5.88 Å². The monoisotopic (exact) mass is 314 g/mol. The van der Waals surface area contributed by atoms with Crippen molar-refractivity contribution < 1.29 is 9.53 Å². The number of carbonyl (C=O) groups excluding carboxylic acids is 1. The molecule has 0 fully saturated rings. The Morgan fingerprint density at radius 3 is 2.77 bits per heavy atom. The summed E-state index contributed by atoms with van der Waals surface area (Å²) in [5.41, 5.74) is 1.25. The number of nitrogens with zero attached hydrogens (tertiary/aromatic N) is 2. The maximum Gasteiger partial charge on any atom is 0.346 e. The summed E-state index contributed by atoms with van der Waals surface area (Å²) < 4.78 is 6.54. The number of benzene rings is 1. The van der Waals surface area contributed by atoms with Crippen LogP contribution in [-0.2, 0) is 0 Å². The molecule has 0 saturated heterocycles. The first-order valence-corrected chi connectivity index (χ1v) is 6.89. The van der Waals surface area contributed by atoms with E-state index in [1.54, 1.807) is 42.6 Å². The number of ether oxygens (including phenoxy) is 1. The Balaban J connectivity index is 1.99. The molecule has 0 aliphatic carbocycles. The second-order valence-corrected chi connectivity index (χ2v) is 5.14. The van der Waals surface area contributed by atoms with Gasteiger partial charge in [0.05, 0.1) is 16.7 Å². The van der Waals surface area contributed by atoms with E-state index in [9.17, 15) is 9.59 Å². The van der Waals surface area contributed by atoms with Crippen LogP contribution in [0, 0.1) is 6.92 Å². The van der Waals surface area contributed by atoms with Crippen LogP contribution in [0.4, 0.5) is 0 Å². The first kappa shape index (κ1) is 14.3. The van der Waals surface area contributed by atoms with Gasteiger partial charge in [0.15, 0.2) is 0 Å². The normalized spacial score (nSPS) is 10.6. The zero-order valence-corrected chi connectivity index (χ0v) is 12.4. The largest absolute Gasteiger partial charge is 0.404 e. The number of pyridine rings is 1. The SMILES string of the molecule is Cc1ccn2c(=O)cc(OC(=O)c3ccccc3Cl)nc2c1. The summed E-state index contributed by atoms with van der Waals surface area (Å²) >= 11 is 5.95. The molecule has 0 amide bonds. The average Bonchev–Trinajstić information content (AvgIpc) is 2.47. The van der Waals surface area contributed by atoms with Crippen molar-refractivity contribution >= 4 is 23.2 Å². The molecule has 0 radical (unpaired) electrons. The lowest BCUT2D eigenvalue weighted by molar-refractivity contribution is 0.0728. The minimum Gasteiger partial charge on any atom is -0.404 e. The highest BCUT2D eigenvalue weighted by atomic mass is 35.5. The minimum absolute atomic E-state index is 0.0551. The number of hydrogen-bond acceptors (Lipinski definition) is 4. The standard InChI is InChI=1S/C16H11ClN2O3/c1-10-6-7-19-13(8-10)18-14(9-15(19)20)22-16(21)11-4-2-3-5-12(11)17/h2-9H,1H3. The van der Waals surface area contributed by atoms with Crippen molar-refractivity contribution in [1.29, 1.82) is 0 Å². The quantitative estimate of drug-likeness (QED) is 0.682.